The fourth-order valence-electron chi connectivity index (χ4n) is 2.30. The number of hydrogen-bond acceptors (Lipinski definition) is 4. The summed E-state index contributed by atoms with van der Waals surface area (Å²) in [6.45, 7) is 0.160. The summed E-state index contributed by atoms with van der Waals surface area (Å²) in [5, 5.41) is 3.78. The molecule has 0 atom stereocenters. The molecule has 0 unspecified atom stereocenters. The van der Waals surface area contributed by atoms with Crippen LogP contribution in [0.3, 0.4) is 0 Å². The Balaban J connectivity index is 1.82. The maximum absolute atomic E-state index is 12.2. The lowest BCUT2D eigenvalue weighted by Gasteiger charge is -2.22. The van der Waals surface area contributed by atoms with Crippen LogP contribution in [0.4, 0.5) is 5.69 Å². The Morgan fingerprint density at radius 1 is 1.18 bits per heavy atom. The summed E-state index contributed by atoms with van der Waals surface area (Å²) in [6.07, 6.45) is 1.08. The van der Waals surface area contributed by atoms with Crippen LogP contribution in [0, 0.1) is 0 Å². The Morgan fingerprint density at radius 2 is 1.93 bits per heavy atom. The van der Waals surface area contributed by atoms with Gasteiger partial charge in [0, 0.05) is 22.5 Å². The van der Waals surface area contributed by atoms with Gasteiger partial charge in [0.15, 0.2) is 0 Å². The minimum Gasteiger partial charge on any atom is -0.354 e. The minimum absolute atomic E-state index is 0.271. The molecule has 0 saturated carbocycles. The van der Waals surface area contributed by atoms with E-state index in [2.05, 4.69) is 21.2 Å². The molecule has 2 aromatic carbocycles. The quantitative estimate of drug-likeness (QED) is 0.487. The first-order valence-corrected chi connectivity index (χ1v) is 12.7. The summed E-state index contributed by atoms with van der Waals surface area (Å²) in [6, 6.07) is 12.3. The maximum atomic E-state index is 12.2. The average Bonchev–Trinajstić information content (AvgIpc) is 2.61. The predicted molar refractivity (Wildman–Crippen MR) is 122 cm³/mol. The van der Waals surface area contributed by atoms with Crippen LogP contribution < -0.4 is 9.62 Å². The van der Waals surface area contributed by atoms with Crippen molar-refractivity contribution >= 4 is 72.5 Å². The lowest BCUT2D eigenvalue weighted by atomic mass is 10.2. The van der Waals surface area contributed by atoms with E-state index in [4.69, 9.17) is 23.2 Å². The molecule has 0 heterocycles. The highest BCUT2D eigenvalue weighted by atomic mass is 79.9. The molecule has 0 spiro atoms. The van der Waals surface area contributed by atoms with E-state index in [1.165, 1.54) is 0 Å². The molecule has 10 heteroatoms. The molecule has 2 rings (SSSR count). The van der Waals surface area contributed by atoms with E-state index in [0.717, 1.165) is 26.4 Å². The topological polar surface area (TPSA) is 66.5 Å². The lowest BCUT2D eigenvalue weighted by molar-refractivity contribution is -0.119. The first kappa shape index (κ1) is 23.3. The second kappa shape index (κ2) is 10.7. The van der Waals surface area contributed by atoms with Crippen molar-refractivity contribution in [2.24, 2.45) is 0 Å². The molecule has 28 heavy (non-hydrogen) atoms. The van der Waals surface area contributed by atoms with E-state index in [9.17, 15) is 13.2 Å². The number of hydrogen-bond donors (Lipinski definition) is 1. The van der Waals surface area contributed by atoms with Gasteiger partial charge in [0.05, 0.1) is 22.0 Å². The van der Waals surface area contributed by atoms with Gasteiger partial charge in [-0.25, -0.2) is 8.42 Å². The molecular formula is C18H19BrCl2N2O3S2. The van der Waals surface area contributed by atoms with Gasteiger partial charge in [-0.1, -0.05) is 51.3 Å². The van der Waals surface area contributed by atoms with Gasteiger partial charge in [-0.15, -0.1) is 0 Å². The van der Waals surface area contributed by atoms with Crippen LogP contribution in [0.2, 0.25) is 10.0 Å². The van der Waals surface area contributed by atoms with Crippen molar-refractivity contribution in [3.63, 3.8) is 0 Å². The van der Waals surface area contributed by atoms with Crippen LogP contribution in [0.15, 0.2) is 46.9 Å². The van der Waals surface area contributed by atoms with E-state index >= 15 is 0 Å². The molecular weight excluding hydrogens is 507 g/mol. The first-order valence-electron chi connectivity index (χ1n) is 8.18. The summed E-state index contributed by atoms with van der Waals surface area (Å²) in [5.41, 5.74) is 1.48. The maximum Gasteiger partial charge on any atom is 0.240 e. The highest BCUT2D eigenvalue weighted by molar-refractivity contribution is 9.10. The number of nitrogens with zero attached hydrogens (tertiary/aromatic N) is 1. The fraction of sp³-hybridized carbons (Fsp3) is 0.278. The molecule has 0 bridgehead atoms. The van der Waals surface area contributed by atoms with Gasteiger partial charge in [-0.2, -0.15) is 11.8 Å². The highest BCUT2D eigenvalue weighted by Crippen LogP contribution is 2.24. The van der Waals surface area contributed by atoms with E-state index in [1.54, 1.807) is 42.1 Å². The van der Waals surface area contributed by atoms with E-state index in [-0.39, 0.29) is 12.5 Å². The van der Waals surface area contributed by atoms with Crippen LogP contribution in [0.25, 0.3) is 0 Å². The molecule has 5 nitrogen and oxygen atoms in total. The van der Waals surface area contributed by atoms with Gasteiger partial charge in [0.2, 0.25) is 15.9 Å². The molecule has 0 aliphatic heterocycles. The average molecular weight is 526 g/mol. The smallest absolute Gasteiger partial charge is 0.240 e. The third-order valence-electron chi connectivity index (χ3n) is 3.61. The zero-order valence-corrected chi connectivity index (χ0v) is 19.7. The molecule has 1 amide bonds. The standard InChI is InChI=1S/C18H19BrCl2N2O3S2/c1-28(25,26)23(15-4-2-3-14(19)10-15)11-18(24)22-7-8-27-12-13-5-6-16(20)17(21)9-13/h2-6,9-10H,7-8,11-12H2,1H3,(H,22,24). The number of rotatable bonds is 9. The van der Waals surface area contributed by atoms with Crippen molar-refractivity contribution in [3.8, 4) is 0 Å². The SMILES string of the molecule is CS(=O)(=O)N(CC(=O)NCCSCc1ccc(Cl)c(Cl)c1)c1cccc(Br)c1. The van der Waals surface area contributed by atoms with Crippen molar-refractivity contribution in [2.75, 3.05) is 29.4 Å². The second-order valence-corrected chi connectivity index (χ2v) is 10.6. The van der Waals surface area contributed by atoms with Crippen molar-refractivity contribution in [3.05, 3.63) is 62.5 Å². The van der Waals surface area contributed by atoms with Crippen molar-refractivity contribution in [1.29, 1.82) is 0 Å². The molecule has 2 aromatic rings. The fourth-order valence-corrected chi connectivity index (χ4v) is 4.66. The molecule has 0 aromatic heterocycles. The molecule has 1 N–H and O–H groups in total. The largest absolute Gasteiger partial charge is 0.354 e. The van der Waals surface area contributed by atoms with Crippen LogP contribution in [-0.4, -0.2) is 39.4 Å². The number of sulfonamides is 1. The van der Waals surface area contributed by atoms with Crippen LogP contribution in [0.5, 0.6) is 0 Å². The van der Waals surface area contributed by atoms with E-state index < -0.39 is 10.0 Å². The van der Waals surface area contributed by atoms with E-state index in [1.807, 2.05) is 12.1 Å². The van der Waals surface area contributed by atoms with Gasteiger partial charge >= 0.3 is 0 Å². The Bertz CT molecular complexity index is 942. The summed E-state index contributed by atoms with van der Waals surface area (Å²) < 4.78 is 26.0. The summed E-state index contributed by atoms with van der Waals surface area (Å²) in [4.78, 5) is 12.2. The van der Waals surface area contributed by atoms with Crippen molar-refractivity contribution < 1.29 is 13.2 Å². The number of carbonyl (C=O) groups excluding carboxylic acids is 1. The van der Waals surface area contributed by atoms with Crippen molar-refractivity contribution in [2.45, 2.75) is 5.75 Å². The Hall–Kier alpha value is -0.930. The number of halogens is 3. The third kappa shape index (κ3) is 7.48. The highest BCUT2D eigenvalue weighted by Gasteiger charge is 2.20. The second-order valence-electron chi connectivity index (χ2n) is 5.90. The number of amides is 1. The summed E-state index contributed by atoms with van der Waals surface area (Å²) in [7, 11) is -3.59. The minimum atomic E-state index is -3.59. The summed E-state index contributed by atoms with van der Waals surface area (Å²) >= 11 is 16.8. The predicted octanol–water partition coefficient (Wildman–Crippen LogP) is 4.57. The van der Waals surface area contributed by atoms with Crippen LogP contribution >= 0.6 is 50.9 Å². The number of carbonyl (C=O) groups is 1. The van der Waals surface area contributed by atoms with Crippen LogP contribution in [-0.2, 0) is 20.6 Å². The Kier molecular flexibility index (Phi) is 8.95. The van der Waals surface area contributed by atoms with Gasteiger partial charge in [0.25, 0.3) is 0 Å². The Morgan fingerprint density at radius 3 is 2.57 bits per heavy atom. The van der Waals surface area contributed by atoms with Gasteiger partial charge in [0.1, 0.15) is 6.54 Å². The zero-order valence-electron chi connectivity index (χ0n) is 15.0. The molecule has 152 valence electrons. The molecule has 0 aliphatic carbocycles. The first-order chi connectivity index (χ1) is 13.2. The van der Waals surface area contributed by atoms with Gasteiger partial charge in [-0.05, 0) is 35.9 Å². The van der Waals surface area contributed by atoms with E-state index in [0.29, 0.717) is 28.0 Å². The number of benzene rings is 2. The zero-order chi connectivity index (χ0) is 20.7. The number of anilines is 1. The van der Waals surface area contributed by atoms with Gasteiger partial charge < -0.3 is 5.32 Å². The van der Waals surface area contributed by atoms with Gasteiger partial charge in [-0.3, -0.25) is 9.10 Å². The molecule has 0 saturated heterocycles. The monoisotopic (exact) mass is 524 g/mol. The summed E-state index contributed by atoms with van der Waals surface area (Å²) in [5.74, 6) is 1.06. The number of thioether (sulfide) groups is 1. The number of nitrogens with one attached hydrogen (secondary N) is 1. The molecule has 0 fully saturated rings. The molecule has 0 aliphatic rings. The Labute approximate surface area is 188 Å². The third-order valence-corrected chi connectivity index (χ3v) is 7.01. The lowest BCUT2D eigenvalue weighted by Crippen LogP contribution is -2.41. The molecule has 0 radical (unpaired) electrons. The van der Waals surface area contributed by atoms with Crippen molar-refractivity contribution in [1.82, 2.24) is 5.32 Å². The van der Waals surface area contributed by atoms with Crippen LogP contribution in [0.1, 0.15) is 5.56 Å². The normalized spacial score (nSPS) is 11.3.